The molecular formula is C21H21N3O5. The number of hydrogen-bond donors (Lipinski definition) is 1. The molecular weight excluding hydrogens is 374 g/mol. The van der Waals surface area contributed by atoms with Crippen LogP contribution < -0.4 is 5.32 Å². The summed E-state index contributed by atoms with van der Waals surface area (Å²) in [6, 6.07) is 8.21. The van der Waals surface area contributed by atoms with Gasteiger partial charge in [0.25, 0.3) is 17.7 Å². The number of rotatable bonds is 5. The third-order valence-electron chi connectivity index (χ3n) is 5.44. The fraction of sp³-hybridized carbons (Fsp3) is 0.333. The second-order valence-electron chi connectivity index (χ2n) is 7.29. The van der Waals surface area contributed by atoms with E-state index in [1.54, 1.807) is 35.2 Å². The zero-order valence-corrected chi connectivity index (χ0v) is 15.8. The van der Waals surface area contributed by atoms with Gasteiger partial charge in [-0.1, -0.05) is 12.1 Å². The van der Waals surface area contributed by atoms with Crippen LogP contribution in [-0.4, -0.2) is 59.6 Å². The summed E-state index contributed by atoms with van der Waals surface area (Å²) in [7, 11) is 0. The van der Waals surface area contributed by atoms with Gasteiger partial charge in [-0.25, -0.2) is 0 Å². The first-order valence-electron chi connectivity index (χ1n) is 9.58. The molecule has 2 aliphatic rings. The zero-order chi connectivity index (χ0) is 20.4. The minimum atomic E-state index is -0.438. The lowest BCUT2D eigenvalue weighted by Gasteiger charge is -2.32. The van der Waals surface area contributed by atoms with Crippen LogP contribution in [0.5, 0.6) is 0 Å². The molecule has 150 valence electrons. The first-order chi connectivity index (χ1) is 14.0. The number of furan rings is 1. The van der Waals surface area contributed by atoms with Crippen molar-refractivity contribution in [3.05, 3.63) is 59.5 Å². The van der Waals surface area contributed by atoms with Crippen molar-refractivity contribution in [1.29, 1.82) is 0 Å². The van der Waals surface area contributed by atoms with Gasteiger partial charge in [0.2, 0.25) is 5.91 Å². The number of nitrogens with zero attached hydrogens (tertiary/aromatic N) is 2. The Morgan fingerprint density at radius 1 is 1.03 bits per heavy atom. The van der Waals surface area contributed by atoms with Crippen LogP contribution in [-0.2, 0) is 4.79 Å². The van der Waals surface area contributed by atoms with E-state index in [2.05, 4.69) is 5.32 Å². The molecule has 0 unspecified atom stereocenters. The summed E-state index contributed by atoms with van der Waals surface area (Å²) in [4.78, 5) is 52.0. The topological polar surface area (TPSA) is 99.9 Å². The van der Waals surface area contributed by atoms with Gasteiger partial charge in [0.1, 0.15) is 12.8 Å². The number of carbonyl (C=O) groups is 4. The normalized spacial score (nSPS) is 16.8. The fourth-order valence-corrected chi connectivity index (χ4v) is 3.75. The number of carbonyl (C=O) groups excluding carboxylic acids is 4. The second-order valence-corrected chi connectivity index (χ2v) is 7.29. The SMILES string of the molecule is O=C(CN1C(=O)c2ccccc2C1=O)NCC1CCN(C(=O)c2ccoc2)CC1. The Morgan fingerprint density at radius 3 is 2.28 bits per heavy atom. The molecule has 1 saturated heterocycles. The third kappa shape index (κ3) is 3.78. The lowest BCUT2D eigenvalue weighted by molar-refractivity contribution is -0.121. The van der Waals surface area contributed by atoms with Crippen LogP contribution in [0.4, 0.5) is 0 Å². The highest BCUT2D eigenvalue weighted by atomic mass is 16.3. The molecule has 0 radical (unpaired) electrons. The van der Waals surface area contributed by atoms with E-state index in [0.29, 0.717) is 36.3 Å². The van der Waals surface area contributed by atoms with Crippen LogP contribution in [0.2, 0.25) is 0 Å². The highest BCUT2D eigenvalue weighted by Gasteiger charge is 2.36. The highest BCUT2D eigenvalue weighted by Crippen LogP contribution is 2.22. The van der Waals surface area contributed by atoms with Crippen LogP contribution in [0.1, 0.15) is 43.9 Å². The molecule has 0 bridgehead atoms. The van der Waals surface area contributed by atoms with Gasteiger partial charge in [0.15, 0.2) is 0 Å². The van der Waals surface area contributed by atoms with Gasteiger partial charge in [0, 0.05) is 19.6 Å². The molecule has 8 nitrogen and oxygen atoms in total. The Labute approximate surface area is 167 Å². The van der Waals surface area contributed by atoms with Gasteiger partial charge in [0.05, 0.1) is 23.0 Å². The molecule has 0 saturated carbocycles. The maximum absolute atomic E-state index is 12.3. The lowest BCUT2D eigenvalue weighted by atomic mass is 9.96. The van der Waals surface area contributed by atoms with Crippen LogP contribution in [0.3, 0.4) is 0 Å². The van der Waals surface area contributed by atoms with Crippen molar-refractivity contribution < 1.29 is 23.6 Å². The number of likely N-dealkylation sites (tertiary alicyclic amines) is 1. The van der Waals surface area contributed by atoms with Crippen molar-refractivity contribution in [1.82, 2.24) is 15.1 Å². The molecule has 1 fully saturated rings. The van der Waals surface area contributed by atoms with E-state index in [1.165, 1.54) is 12.5 Å². The second kappa shape index (κ2) is 7.90. The van der Waals surface area contributed by atoms with Gasteiger partial charge in [-0.05, 0) is 37.0 Å². The molecule has 29 heavy (non-hydrogen) atoms. The number of amides is 4. The maximum Gasteiger partial charge on any atom is 0.262 e. The molecule has 0 spiro atoms. The van der Waals surface area contributed by atoms with E-state index in [1.807, 2.05) is 0 Å². The van der Waals surface area contributed by atoms with Crippen molar-refractivity contribution in [2.45, 2.75) is 12.8 Å². The molecule has 0 atom stereocenters. The van der Waals surface area contributed by atoms with Crippen LogP contribution in [0.15, 0.2) is 47.3 Å². The van der Waals surface area contributed by atoms with Crippen LogP contribution in [0, 0.1) is 5.92 Å². The Bertz CT molecular complexity index is 910. The molecule has 4 amide bonds. The van der Waals surface area contributed by atoms with Crippen LogP contribution in [0.25, 0.3) is 0 Å². The fourth-order valence-electron chi connectivity index (χ4n) is 3.75. The summed E-state index contributed by atoms with van der Waals surface area (Å²) in [5.41, 5.74) is 1.21. The first kappa shape index (κ1) is 18.9. The summed E-state index contributed by atoms with van der Waals surface area (Å²) >= 11 is 0. The summed E-state index contributed by atoms with van der Waals surface area (Å²) in [6.45, 7) is 1.39. The average molecular weight is 395 g/mol. The summed E-state index contributed by atoms with van der Waals surface area (Å²) in [5.74, 6) is -1.04. The van der Waals surface area contributed by atoms with Crippen LogP contribution >= 0.6 is 0 Å². The highest BCUT2D eigenvalue weighted by molar-refractivity contribution is 6.22. The van der Waals surface area contributed by atoms with E-state index in [9.17, 15) is 19.2 Å². The molecule has 1 aromatic carbocycles. The average Bonchev–Trinajstić information content (AvgIpc) is 3.36. The number of piperidine rings is 1. The third-order valence-corrected chi connectivity index (χ3v) is 5.44. The zero-order valence-electron chi connectivity index (χ0n) is 15.8. The van der Waals surface area contributed by atoms with Gasteiger partial charge in [-0.2, -0.15) is 0 Å². The molecule has 3 heterocycles. The molecule has 2 aliphatic heterocycles. The van der Waals surface area contributed by atoms with E-state index >= 15 is 0 Å². The molecule has 8 heteroatoms. The van der Waals surface area contributed by atoms with Gasteiger partial charge < -0.3 is 14.6 Å². The predicted molar refractivity (Wildman–Crippen MR) is 102 cm³/mol. The number of hydrogen-bond acceptors (Lipinski definition) is 5. The lowest BCUT2D eigenvalue weighted by Crippen LogP contribution is -2.44. The number of benzene rings is 1. The summed E-state index contributed by atoms with van der Waals surface area (Å²) in [6.07, 6.45) is 4.46. The van der Waals surface area contributed by atoms with Crippen molar-refractivity contribution in [3.8, 4) is 0 Å². The standard InChI is InChI=1S/C21H21N3O5/c25-18(12-24-20(27)16-3-1-2-4-17(16)21(24)28)22-11-14-5-8-23(9-6-14)19(26)15-7-10-29-13-15/h1-4,7,10,13-14H,5-6,8-9,11-12H2,(H,22,25). The van der Waals surface area contributed by atoms with Gasteiger partial charge in [-0.3, -0.25) is 24.1 Å². The summed E-state index contributed by atoms with van der Waals surface area (Å²) < 4.78 is 4.96. The van der Waals surface area contributed by atoms with Crippen molar-refractivity contribution in [2.75, 3.05) is 26.2 Å². The largest absolute Gasteiger partial charge is 0.472 e. The Balaban J connectivity index is 1.24. The molecule has 4 rings (SSSR count). The number of imide groups is 1. The first-order valence-corrected chi connectivity index (χ1v) is 9.58. The van der Waals surface area contributed by atoms with Crippen molar-refractivity contribution in [2.24, 2.45) is 5.92 Å². The maximum atomic E-state index is 12.3. The quantitative estimate of drug-likeness (QED) is 0.774. The van der Waals surface area contributed by atoms with E-state index in [4.69, 9.17) is 4.42 Å². The smallest absolute Gasteiger partial charge is 0.262 e. The van der Waals surface area contributed by atoms with E-state index in [-0.39, 0.29) is 24.3 Å². The Kier molecular flexibility index (Phi) is 5.16. The van der Waals surface area contributed by atoms with Crippen molar-refractivity contribution >= 4 is 23.6 Å². The molecule has 0 aliphatic carbocycles. The molecule has 2 aromatic rings. The van der Waals surface area contributed by atoms with E-state index in [0.717, 1.165) is 17.7 Å². The van der Waals surface area contributed by atoms with E-state index < -0.39 is 11.8 Å². The Hall–Kier alpha value is -3.42. The Morgan fingerprint density at radius 2 is 1.69 bits per heavy atom. The van der Waals surface area contributed by atoms with Crippen molar-refractivity contribution in [3.63, 3.8) is 0 Å². The minimum absolute atomic E-state index is 0.0492. The minimum Gasteiger partial charge on any atom is -0.472 e. The number of fused-ring (bicyclic) bond motifs is 1. The van der Waals surface area contributed by atoms with Gasteiger partial charge >= 0.3 is 0 Å². The molecule has 1 aromatic heterocycles. The number of nitrogens with one attached hydrogen (secondary N) is 1. The predicted octanol–water partition coefficient (Wildman–Crippen LogP) is 1.54. The monoisotopic (exact) mass is 395 g/mol. The van der Waals surface area contributed by atoms with Gasteiger partial charge in [-0.15, -0.1) is 0 Å². The molecule has 1 N–H and O–H groups in total. The summed E-state index contributed by atoms with van der Waals surface area (Å²) in [5, 5.41) is 2.82.